The molecule has 2 atom stereocenters. The van der Waals surface area contributed by atoms with Gasteiger partial charge in [0.25, 0.3) is 0 Å². The van der Waals surface area contributed by atoms with Gasteiger partial charge in [0.2, 0.25) is 0 Å². The average molecular weight is 408 g/mol. The molecule has 2 aliphatic heterocycles. The Morgan fingerprint density at radius 2 is 1.80 bits per heavy atom. The van der Waals surface area contributed by atoms with E-state index in [4.69, 9.17) is 14.2 Å². The zero-order valence-corrected chi connectivity index (χ0v) is 17.0. The lowest BCUT2D eigenvalue weighted by molar-refractivity contribution is -0.00461. The van der Waals surface area contributed by atoms with Crippen LogP contribution in [0.1, 0.15) is 5.69 Å². The summed E-state index contributed by atoms with van der Waals surface area (Å²) in [5, 5.41) is 8.74. The van der Waals surface area contributed by atoms with Crippen LogP contribution < -0.4 is 9.64 Å². The van der Waals surface area contributed by atoms with Gasteiger partial charge in [-0.25, -0.2) is 4.98 Å². The molecule has 0 spiro atoms. The largest absolute Gasteiger partial charge is 0.484 e. The highest BCUT2D eigenvalue weighted by atomic mass is 16.6. The first-order valence-corrected chi connectivity index (χ1v) is 10.0. The van der Waals surface area contributed by atoms with Crippen LogP contribution in [-0.2, 0) is 16.5 Å². The zero-order valence-electron chi connectivity index (χ0n) is 17.0. The number of hydrogen-bond donors (Lipinski definition) is 0. The van der Waals surface area contributed by atoms with E-state index >= 15 is 0 Å². The van der Waals surface area contributed by atoms with E-state index in [9.17, 15) is 0 Å². The number of fused-ring (bicyclic) bond motifs is 1. The second-order valence-electron chi connectivity index (χ2n) is 7.66. The predicted octanol–water partition coefficient (Wildman–Crippen LogP) is 1.63. The molecule has 0 saturated carbocycles. The molecule has 156 valence electrons. The summed E-state index contributed by atoms with van der Waals surface area (Å²) >= 11 is 0. The summed E-state index contributed by atoms with van der Waals surface area (Å²) in [6.45, 7) is 4.32. The summed E-state index contributed by atoms with van der Waals surface area (Å²) in [4.78, 5) is 10.7. The van der Waals surface area contributed by atoms with E-state index in [0.29, 0.717) is 26.3 Å². The molecule has 0 radical (unpaired) electrons. The van der Waals surface area contributed by atoms with Crippen LogP contribution in [0.4, 0.5) is 5.82 Å². The number of pyridine rings is 1. The van der Waals surface area contributed by atoms with Gasteiger partial charge in [-0.15, -0.1) is 10.2 Å². The SMILES string of the molecule is Cc1ccc(OC2CO[C@H]3CN(c4ccc(-c5nccn5C)nn4)C[C@@H]3OC2)cn1. The molecular formula is C21H24N6O3. The van der Waals surface area contributed by atoms with Crippen LogP contribution in [-0.4, -0.2) is 69.3 Å². The fourth-order valence-corrected chi connectivity index (χ4v) is 3.77. The number of hydrogen-bond acceptors (Lipinski definition) is 8. The lowest BCUT2D eigenvalue weighted by Gasteiger charge is -2.20. The Hall–Kier alpha value is -3.04. The third-order valence-corrected chi connectivity index (χ3v) is 5.42. The van der Waals surface area contributed by atoms with E-state index < -0.39 is 0 Å². The number of nitrogens with zero attached hydrogens (tertiary/aromatic N) is 6. The summed E-state index contributed by atoms with van der Waals surface area (Å²) in [7, 11) is 1.94. The molecule has 2 fully saturated rings. The van der Waals surface area contributed by atoms with E-state index in [0.717, 1.165) is 28.8 Å². The molecule has 5 heterocycles. The normalized spacial score (nSPS) is 22.0. The second kappa shape index (κ2) is 8.00. The fourth-order valence-electron chi connectivity index (χ4n) is 3.77. The lowest BCUT2D eigenvalue weighted by atomic mass is 10.3. The van der Waals surface area contributed by atoms with Crippen molar-refractivity contribution in [3.05, 3.63) is 48.5 Å². The average Bonchev–Trinajstić information content (AvgIpc) is 3.33. The van der Waals surface area contributed by atoms with Crippen molar-refractivity contribution in [1.82, 2.24) is 24.7 Å². The highest BCUT2D eigenvalue weighted by molar-refractivity contribution is 5.52. The van der Waals surface area contributed by atoms with Gasteiger partial charge in [0.05, 0.1) is 19.4 Å². The van der Waals surface area contributed by atoms with Crippen molar-refractivity contribution in [2.75, 3.05) is 31.2 Å². The first-order chi connectivity index (χ1) is 14.7. The molecule has 0 amide bonds. The molecule has 2 saturated heterocycles. The number of imidazole rings is 1. The van der Waals surface area contributed by atoms with Crippen LogP contribution >= 0.6 is 0 Å². The van der Waals surface area contributed by atoms with E-state index in [-0.39, 0.29) is 18.3 Å². The van der Waals surface area contributed by atoms with E-state index in [1.54, 1.807) is 12.4 Å². The fraction of sp³-hybridized carbons (Fsp3) is 0.429. The van der Waals surface area contributed by atoms with E-state index in [1.807, 2.05) is 49.0 Å². The number of aromatic nitrogens is 5. The van der Waals surface area contributed by atoms with E-state index in [2.05, 4.69) is 25.1 Å². The summed E-state index contributed by atoms with van der Waals surface area (Å²) in [6, 6.07) is 7.77. The molecule has 0 aromatic carbocycles. The van der Waals surface area contributed by atoms with Crippen LogP contribution in [0, 0.1) is 6.92 Å². The van der Waals surface area contributed by atoms with Gasteiger partial charge in [0.15, 0.2) is 11.6 Å². The Morgan fingerprint density at radius 3 is 2.40 bits per heavy atom. The molecule has 2 aliphatic rings. The maximum atomic E-state index is 6.11. The number of anilines is 1. The molecule has 0 bridgehead atoms. The van der Waals surface area contributed by atoms with Crippen molar-refractivity contribution in [2.24, 2.45) is 7.05 Å². The van der Waals surface area contributed by atoms with Crippen molar-refractivity contribution < 1.29 is 14.2 Å². The molecule has 5 rings (SSSR count). The minimum atomic E-state index is -0.148. The third-order valence-electron chi connectivity index (χ3n) is 5.42. The summed E-state index contributed by atoms with van der Waals surface area (Å²) in [5.74, 6) is 2.34. The molecule has 9 heteroatoms. The van der Waals surface area contributed by atoms with Gasteiger partial charge in [-0.3, -0.25) is 4.98 Å². The summed E-state index contributed by atoms with van der Waals surface area (Å²) < 4.78 is 20.1. The van der Waals surface area contributed by atoms with Crippen molar-refractivity contribution in [3.63, 3.8) is 0 Å². The Labute approximate surface area is 174 Å². The Bertz CT molecular complexity index is 975. The zero-order chi connectivity index (χ0) is 20.5. The smallest absolute Gasteiger partial charge is 0.160 e. The van der Waals surface area contributed by atoms with E-state index in [1.165, 1.54) is 0 Å². The maximum Gasteiger partial charge on any atom is 0.160 e. The van der Waals surface area contributed by atoms with Gasteiger partial charge in [-0.1, -0.05) is 0 Å². The quantitative estimate of drug-likeness (QED) is 0.644. The minimum absolute atomic E-state index is 0.0224. The Balaban J connectivity index is 1.19. The van der Waals surface area contributed by atoms with Crippen molar-refractivity contribution >= 4 is 5.82 Å². The van der Waals surface area contributed by atoms with Gasteiger partial charge >= 0.3 is 0 Å². The van der Waals surface area contributed by atoms with Crippen LogP contribution in [0.15, 0.2) is 42.9 Å². The van der Waals surface area contributed by atoms with Crippen LogP contribution in [0.5, 0.6) is 5.75 Å². The molecule has 3 aromatic heterocycles. The molecule has 30 heavy (non-hydrogen) atoms. The van der Waals surface area contributed by atoms with Crippen molar-refractivity contribution in [1.29, 1.82) is 0 Å². The van der Waals surface area contributed by atoms with Gasteiger partial charge in [0, 0.05) is 38.2 Å². The van der Waals surface area contributed by atoms with Gasteiger partial charge in [-0.05, 0) is 31.2 Å². The van der Waals surface area contributed by atoms with Gasteiger partial charge in [0.1, 0.15) is 29.8 Å². The second-order valence-corrected chi connectivity index (χ2v) is 7.66. The summed E-state index contributed by atoms with van der Waals surface area (Å²) in [6.07, 6.45) is 5.18. The van der Waals surface area contributed by atoms with Crippen LogP contribution in [0.2, 0.25) is 0 Å². The third kappa shape index (κ3) is 3.86. The predicted molar refractivity (Wildman–Crippen MR) is 109 cm³/mol. The van der Waals surface area contributed by atoms with Gasteiger partial charge in [-0.2, -0.15) is 0 Å². The Morgan fingerprint density at radius 1 is 1.00 bits per heavy atom. The molecule has 0 unspecified atom stereocenters. The van der Waals surface area contributed by atoms with Crippen molar-refractivity contribution in [2.45, 2.75) is 25.2 Å². The standard InChI is InChI=1S/C21H24N6O3/c1-14-3-4-15(9-23-14)30-16-12-28-18-10-27(11-19(18)29-13-16)20-6-5-17(24-25-20)21-22-7-8-26(21)2/h3-9,16,18-19H,10-13H2,1-2H3/t18-,19-/m0/s1. The van der Waals surface area contributed by atoms with Crippen molar-refractivity contribution in [3.8, 4) is 17.3 Å². The summed E-state index contributed by atoms with van der Waals surface area (Å²) in [5.41, 5.74) is 1.71. The number of rotatable bonds is 4. The lowest BCUT2D eigenvalue weighted by Crippen LogP contribution is -2.30. The topological polar surface area (TPSA) is 87.4 Å². The van der Waals surface area contributed by atoms with Crippen LogP contribution in [0.3, 0.4) is 0 Å². The first-order valence-electron chi connectivity index (χ1n) is 10.0. The molecule has 0 aliphatic carbocycles. The van der Waals surface area contributed by atoms with Gasteiger partial charge < -0.3 is 23.7 Å². The first kappa shape index (κ1) is 19.0. The van der Waals surface area contributed by atoms with Crippen LogP contribution in [0.25, 0.3) is 11.5 Å². The monoisotopic (exact) mass is 408 g/mol. The number of aryl methyl sites for hydroxylation is 2. The number of ether oxygens (including phenoxy) is 3. The Kier molecular flexibility index (Phi) is 5.06. The molecule has 9 nitrogen and oxygen atoms in total. The molecule has 3 aromatic rings. The highest BCUT2D eigenvalue weighted by Crippen LogP contribution is 2.26. The molecular weight excluding hydrogens is 384 g/mol. The highest BCUT2D eigenvalue weighted by Gasteiger charge is 2.38. The minimum Gasteiger partial charge on any atom is -0.484 e. The molecule has 0 N–H and O–H groups in total. The maximum absolute atomic E-state index is 6.11.